The van der Waals surface area contributed by atoms with Gasteiger partial charge in [0.05, 0.1) is 17.4 Å². The van der Waals surface area contributed by atoms with E-state index in [9.17, 15) is 4.79 Å². The van der Waals surface area contributed by atoms with Gasteiger partial charge in [0, 0.05) is 13.1 Å². The number of rotatable bonds is 1. The predicted molar refractivity (Wildman–Crippen MR) is 69.3 cm³/mol. The monoisotopic (exact) mass is 254 g/mol. The Morgan fingerprint density at radius 2 is 2.35 bits per heavy atom. The lowest BCUT2D eigenvalue weighted by Gasteiger charge is -2.41. The second-order valence-electron chi connectivity index (χ2n) is 5.08. The zero-order valence-electron chi connectivity index (χ0n) is 10.4. The molecule has 0 aromatic carbocycles. The highest BCUT2D eigenvalue weighted by Gasteiger charge is 2.34. The number of nitrogens with zero attached hydrogens (tertiary/aromatic N) is 1. The summed E-state index contributed by atoms with van der Waals surface area (Å²) in [5.74, 6) is 0.0146. The lowest BCUT2D eigenvalue weighted by atomic mass is 10.1. The third-order valence-electron chi connectivity index (χ3n) is 2.75. The summed E-state index contributed by atoms with van der Waals surface area (Å²) in [5.41, 5.74) is 6.06. The van der Waals surface area contributed by atoms with E-state index in [1.807, 2.05) is 31.1 Å². The van der Waals surface area contributed by atoms with Gasteiger partial charge in [-0.15, -0.1) is 11.3 Å². The Kier molecular flexibility index (Phi) is 3.14. The highest BCUT2D eigenvalue weighted by molar-refractivity contribution is 7.12. The van der Waals surface area contributed by atoms with Crippen LogP contribution in [0.5, 0.6) is 0 Å². The zero-order chi connectivity index (χ0) is 12.6. The van der Waals surface area contributed by atoms with E-state index < -0.39 is 0 Å². The fraction of sp³-hybridized carbons (Fsp3) is 0.583. The van der Waals surface area contributed by atoms with Crippen molar-refractivity contribution in [3.05, 3.63) is 16.3 Å². The summed E-state index contributed by atoms with van der Waals surface area (Å²) in [6.07, 6.45) is 0.0592. The van der Waals surface area contributed by atoms with Gasteiger partial charge in [-0.2, -0.15) is 0 Å². The topological polar surface area (TPSA) is 55.6 Å². The van der Waals surface area contributed by atoms with Crippen LogP contribution in [0.1, 0.15) is 30.4 Å². The molecule has 2 rings (SSSR count). The van der Waals surface area contributed by atoms with Crippen molar-refractivity contribution < 1.29 is 9.53 Å². The summed E-state index contributed by atoms with van der Waals surface area (Å²) < 4.78 is 5.78. The largest absolute Gasteiger partial charge is 0.397 e. The summed E-state index contributed by atoms with van der Waals surface area (Å²) in [6.45, 7) is 7.22. The number of morpholine rings is 1. The molecule has 0 bridgehead atoms. The van der Waals surface area contributed by atoms with Gasteiger partial charge in [-0.25, -0.2) is 0 Å². The summed E-state index contributed by atoms with van der Waals surface area (Å²) in [5, 5.41) is 1.84. The van der Waals surface area contributed by atoms with Crippen LogP contribution in [0.25, 0.3) is 0 Å². The average molecular weight is 254 g/mol. The van der Waals surface area contributed by atoms with Gasteiger partial charge < -0.3 is 15.4 Å². The van der Waals surface area contributed by atoms with E-state index in [-0.39, 0.29) is 17.6 Å². The molecule has 17 heavy (non-hydrogen) atoms. The van der Waals surface area contributed by atoms with E-state index in [1.54, 1.807) is 6.07 Å². The minimum atomic E-state index is -0.292. The van der Waals surface area contributed by atoms with Crippen LogP contribution in [0.3, 0.4) is 0 Å². The van der Waals surface area contributed by atoms with Gasteiger partial charge in [0.2, 0.25) is 0 Å². The van der Waals surface area contributed by atoms with Gasteiger partial charge in [-0.1, -0.05) is 0 Å². The number of nitrogens with two attached hydrogens (primary N) is 1. The van der Waals surface area contributed by atoms with E-state index in [4.69, 9.17) is 10.5 Å². The molecule has 1 atom stereocenters. The maximum absolute atomic E-state index is 12.3. The van der Waals surface area contributed by atoms with E-state index >= 15 is 0 Å². The molecule has 4 nitrogen and oxygen atoms in total. The van der Waals surface area contributed by atoms with E-state index in [0.29, 0.717) is 23.7 Å². The van der Waals surface area contributed by atoms with Gasteiger partial charge >= 0.3 is 0 Å². The number of anilines is 1. The van der Waals surface area contributed by atoms with Crippen LogP contribution in [-0.2, 0) is 4.74 Å². The van der Waals surface area contributed by atoms with Gasteiger partial charge in [0.15, 0.2) is 0 Å². The van der Waals surface area contributed by atoms with Crippen LogP contribution in [0, 0.1) is 0 Å². The first-order valence-corrected chi connectivity index (χ1v) is 6.57. The molecule has 5 heteroatoms. The van der Waals surface area contributed by atoms with E-state index in [2.05, 4.69) is 0 Å². The molecule has 1 unspecified atom stereocenters. The highest BCUT2D eigenvalue weighted by atomic mass is 32.1. The summed E-state index contributed by atoms with van der Waals surface area (Å²) in [4.78, 5) is 14.8. The Bertz CT molecular complexity index is 428. The quantitative estimate of drug-likeness (QED) is 0.833. The Balaban J connectivity index is 2.18. The molecular formula is C12H18N2O2S. The van der Waals surface area contributed by atoms with Crippen molar-refractivity contribution in [2.75, 3.05) is 18.8 Å². The highest BCUT2D eigenvalue weighted by Crippen LogP contribution is 2.26. The first kappa shape index (κ1) is 12.4. The van der Waals surface area contributed by atoms with Crippen molar-refractivity contribution in [3.63, 3.8) is 0 Å². The number of thiophene rings is 1. The van der Waals surface area contributed by atoms with Gasteiger partial charge in [-0.05, 0) is 32.2 Å². The first-order chi connectivity index (χ1) is 7.89. The summed E-state index contributed by atoms with van der Waals surface area (Å²) >= 11 is 1.40. The molecule has 1 aromatic heterocycles. The second kappa shape index (κ2) is 4.31. The van der Waals surface area contributed by atoms with Crippen LogP contribution < -0.4 is 5.73 Å². The predicted octanol–water partition coefficient (Wildman–Crippen LogP) is 1.97. The molecule has 2 heterocycles. The Hall–Kier alpha value is -1.07. The zero-order valence-corrected chi connectivity index (χ0v) is 11.2. The number of nitrogen functional groups attached to an aromatic ring is 1. The van der Waals surface area contributed by atoms with Gasteiger partial charge in [0.1, 0.15) is 4.88 Å². The van der Waals surface area contributed by atoms with Crippen LogP contribution >= 0.6 is 11.3 Å². The van der Waals surface area contributed by atoms with Crippen molar-refractivity contribution in [1.82, 2.24) is 4.90 Å². The lowest BCUT2D eigenvalue weighted by Crippen LogP contribution is -2.53. The molecule has 2 N–H and O–H groups in total. The van der Waals surface area contributed by atoms with Crippen LogP contribution in [0.15, 0.2) is 11.4 Å². The molecule has 0 spiro atoms. The van der Waals surface area contributed by atoms with Crippen molar-refractivity contribution in [1.29, 1.82) is 0 Å². The Morgan fingerprint density at radius 3 is 2.88 bits per heavy atom. The number of carbonyl (C=O) groups is 1. The van der Waals surface area contributed by atoms with Crippen molar-refractivity contribution in [3.8, 4) is 0 Å². The van der Waals surface area contributed by atoms with E-state index in [1.165, 1.54) is 11.3 Å². The van der Waals surface area contributed by atoms with Crippen LogP contribution in [-0.4, -0.2) is 35.6 Å². The molecule has 0 saturated carbocycles. The summed E-state index contributed by atoms with van der Waals surface area (Å²) in [6, 6.07) is 1.77. The number of hydrogen-bond acceptors (Lipinski definition) is 4. The SMILES string of the molecule is CC1CN(C(=O)c2sccc2N)CC(C)(C)O1. The number of ether oxygens (including phenoxy) is 1. The standard InChI is InChI=1S/C12H18N2O2S/c1-8-6-14(7-12(2,3)16-8)11(15)10-9(13)4-5-17-10/h4-5,8H,6-7,13H2,1-3H3. The normalized spacial score (nSPS) is 23.7. The fourth-order valence-electron chi connectivity index (χ4n) is 2.25. The third-order valence-corrected chi connectivity index (χ3v) is 3.66. The molecule has 1 aliphatic rings. The maximum atomic E-state index is 12.3. The number of amides is 1. The molecule has 1 aliphatic heterocycles. The average Bonchev–Trinajstić information content (AvgIpc) is 2.60. The molecule has 1 saturated heterocycles. The first-order valence-electron chi connectivity index (χ1n) is 5.69. The molecule has 1 fully saturated rings. The molecule has 0 aliphatic carbocycles. The molecule has 1 amide bonds. The van der Waals surface area contributed by atoms with Crippen LogP contribution in [0.2, 0.25) is 0 Å². The molecule has 1 aromatic rings. The smallest absolute Gasteiger partial charge is 0.266 e. The fourth-order valence-corrected chi connectivity index (χ4v) is 3.03. The Labute approximate surface area is 105 Å². The van der Waals surface area contributed by atoms with E-state index in [0.717, 1.165) is 0 Å². The van der Waals surface area contributed by atoms with Gasteiger partial charge in [0.25, 0.3) is 5.91 Å². The molecule has 94 valence electrons. The van der Waals surface area contributed by atoms with Crippen molar-refractivity contribution >= 4 is 22.9 Å². The number of carbonyl (C=O) groups excluding carboxylic acids is 1. The second-order valence-corrected chi connectivity index (χ2v) is 6.00. The minimum absolute atomic E-state index is 0.0146. The minimum Gasteiger partial charge on any atom is -0.397 e. The number of hydrogen-bond donors (Lipinski definition) is 1. The lowest BCUT2D eigenvalue weighted by molar-refractivity contribution is -0.118. The van der Waals surface area contributed by atoms with Crippen molar-refractivity contribution in [2.45, 2.75) is 32.5 Å². The van der Waals surface area contributed by atoms with Gasteiger partial charge in [-0.3, -0.25) is 4.79 Å². The maximum Gasteiger partial charge on any atom is 0.266 e. The molecule has 0 radical (unpaired) electrons. The summed E-state index contributed by atoms with van der Waals surface area (Å²) in [7, 11) is 0. The van der Waals surface area contributed by atoms with Crippen LogP contribution in [0.4, 0.5) is 5.69 Å². The van der Waals surface area contributed by atoms with Crippen molar-refractivity contribution in [2.24, 2.45) is 0 Å². The Morgan fingerprint density at radius 1 is 1.65 bits per heavy atom. The third kappa shape index (κ3) is 2.61. The molecular weight excluding hydrogens is 236 g/mol.